The molecular weight excluding hydrogens is 254 g/mol. The van der Waals surface area contributed by atoms with Gasteiger partial charge in [-0.05, 0) is 25.7 Å². The van der Waals surface area contributed by atoms with Gasteiger partial charge in [0.1, 0.15) is 0 Å². The van der Waals surface area contributed by atoms with Gasteiger partial charge in [-0.1, -0.05) is 35.2 Å². The Balaban J connectivity index is 2.24. The first-order valence-corrected chi connectivity index (χ1v) is 7.19. The van der Waals surface area contributed by atoms with Crippen LogP contribution >= 0.6 is 15.9 Å². The number of carbonyl (C=O) groups excluding carboxylic acids is 1. The molecule has 0 unspecified atom stereocenters. The first-order chi connectivity index (χ1) is 7.25. The highest BCUT2D eigenvalue weighted by molar-refractivity contribution is 9.09. The van der Waals surface area contributed by atoms with Crippen molar-refractivity contribution in [2.75, 3.05) is 12.4 Å². The third-order valence-electron chi connectivity index (χ3n) is 3.29. The molecule has 1 amide bonds. The van der Waals surface area contributed by atoms with E-state index < -0.39 is 0 Å². The van der Waals surface area contributed by atoms with Gasteiger partial charge < -0.3 is 4.90 Å². The van der Waals surface area contributed by atoms with Gasteiger partial charge in [0.05, 0.1) is 0 Å². The Hall–Kier alpha value is -0.0500. The van der Waals surface area contributed by atoms with Gasteiger partial charge in [0.25, 0.3) is 0 Å². The minimum atomic E-state index is 0.336. The fraction of sp³-hybridized carbons (Fsp3) is 0.917. The number of alkyl halides is 1. The van der Waals surface area contributed by atoms with Crippen molar-refractivity contribution in [2.45, 2.75) is 57.4 Å². The Morgan fingerprint density at radius 2 is 1.93 bits per heavy atom. The third kappa shape index (κ3) is 4.54. The molecule has 1 aliphatic rings. The maximum atomic E-state index is 11.8. The van der Waals surface area contributed by atoms with Crippen molar-refractivity contribution in [1.82, 2.24) is 4.90 Å². The SMILES string of the molecule is CN(C(=O)CCCCBr)C1CCCCC1. The lowest BCUT2D eigenvalue weighted by Crippen LogP contribution is -2.38. The molecule has 3 heteroatoms. The van der Waals surface area contributed by atoms with Gasteiger partial charge in [-0.2, -0.15) is 0 Å². The van der Waals surface area contributed by atoms with Crippen LogP contribution in [0, 0.1) is 0 Å². The number of hydrogen-bond acceptors (Lipinski definition) is 1. The largest absolute Gasteiger partial charge is 0.343 e. The zero-order valence-corrected chi connectivity index (χ0v) is 11.3. The standard InChI is InChI=1S/C12H22BrNO/c1-14(11-7-3-2-4-8-11)12(15)9-5-6-10-13/h11H,2-10H2,1H3. The van der Waals surface area contributed by atoms with Crippen LogP contribution in [-0.2, 0) is 4.79 Å². The van der Waals surface area contributed by atoms with E-state index >= 15 is 0 Å². The quantitative estimate of drug-likeness (QED) is 0.557. The average molecular weight is 276 g/mol. The van der Waals surface area contributed by atoms with Crippen molar-refractivity contribution in [3.8, 4) is 0 Å². The highest BCUT2D eigenvalue weighted by Crippen LogP contribution is 2.22. The van der Waals surface area contributed by atoms with Crippen LogP contribution in [0.15, 0.2) is 0 Å². The molecular formula is C12H22BrNO. The molecule has 0 spiro atoms. The minimum absolute atomic E-state index is 0.336. The first kappa shape index (κ1) is 13.0. The van der Waals surface area contributed by atoms with E-state index in [2.05, 4.69) is 15.9 Å². The van der Waals surface area contributed by atoms with Crippen LogP contribution in [0.1, 0.15) is 51.4 Å². The van der Waals surface area contributed by atoms with E-state index in [1.165, 1.54) is 32.1 Å². The highest BCUT2D eigenvalue weighted by atomic mass is 79.9. The topological polar surface area (TPSA) is 20.3 Å². The number of rotatable bonds is 5. The van der Waals surface area contributed by atoms with E-state index in [4.69, 9.17) is 0 Å². The molecule has 15 heavy (non-hydrogen) atoms. The predicted octanol–water partition coefficient (Wildman–Crippen LogP) is 3.34. The molecule has 0 atom stereocenters. The average Bonchev–Trinajstić information content (AvgIpc) is 2.29. The molecule has 0 saturated heterocycles. The Kier molecular flexibility index (Phi) is 6.30. The van der Waals surface area contributed by atoms with E-state index in [1.807, 2.05) is 11.9 Å². The summed E-state index contributed by atoms with van der Waals surface area (Å²) in [4.78, 5) is 13.8. The van der Waals surface area contributed by atoms with Crippen LogP contribution < -0.4 is 0 Å². The molecule has 1 aliphatic carbocycles. The number of amides is 1. The molecule has 1 rings (SSSR count). The number of halogens is 1. The van der Waals surface area contributed by atoms with Gasteiger partial charge in [-0.15, -0.1) is 0 Å². The van der Waals surface area contributed by atoms with Crippen LogP contribution in [0.3, 0.4) is 0 Å². The van der Waals surface area contributed by atoms with Crippen LogP contribution in [0.25, 0.3) is 0 Å². The van der Waals surface area contributed by atoms with E-state index in [0.29, 0.717) is 11.9 Å². The van der Waals surface area contributed by atoms with E-state index in [9.17, 15) is 4.79 Å². The Labute approximate surface area is 102 Å². The monoisotopic (exact) mass is 275 g/mol. The van der Waals surface area contributed by atoms with Gasteiger partial charge in [0.15, 0.2) is 0 Å². The Bertz CT molecular complexity index is 190. The summed E-state index contributed by atoms with van der Waals surface area (Å²) < 4.78 is 0. The second-order valence-electron chi connectivity index (χ2n) is 4.44. The summed E-state index contributed by atoms with van der Waals surface area (Å²) in [7, 11) is 1.98. The van der Waals surface area contributed by atoms with E-state index in [0.717, 1.165) is 24.6 Å². The van der Waals surface area contributed by atoms with Gasteiger partial charge in [-0.3, -0.25) is 4.79 Å². The zero-order valence-electron chi connectivity index (χ0n) is 9.67. The molecule has 0 aromatic rings. The van der Waals surface area contributed by atoms with Crippen molar-refractivity contribution in [3.05, 3.63) is 0 Å². The maximum Gasteiger partial charge on any atom is 0.222 e. The second-order valence-corrected chi connectivity index (χ2v) is 5.24. The van der Waals surface area contributed by atoms with Gasteiger partial charge >= 0.3 is 0 Å². The lowest BCUT2D eigenvalue weighted by atomic mass is 9.94. The molecule has 0 aromatic carbocycles. The summed E-state index contributed by atoms with van der Waals surface area (Å²) in [6.07, 6.45) is 9.20. The van der Waals surface area contributed by atoms with Crippen molar-refractivity contribution >= 4 is 21.8 Å². The molecule has 0 aromatic heterocycles. The van der Waals surface area contributed by atoms with Crippen molar-refractivity contribution in [2.24, 2.45) is 0 Å². The minimum Gasteiger partial charge on any atom is -0.343 e. The Morgan fingerprint density at radius 3 is 2.53 bits per heavy atom. The summed E-state index contributed by atoms with van der Waals surface area (Å²) >= 11 is 3.39. The highest BCUT2D eigenvalue weighted by Gasteiger charge is 2.21. The smallest absolute Gasteiger partial charge is 0.222 e. The van der Waals surface area contributed by atoms with Gasteiger partial charge in [0, 0.05) is 24.8 Å². The fourth-order valence-corrected chi connectivity index (χ4v) is 2.62. The molecule has 0 heterocycles. The second kappa shape index (κ2) is 7.26. The Morgan fingerprint density at radius 1 is 1.27 bits per heavy atom. The summed E-state index contributed by atoms with van der Waals surface area (Å²) in [5.41, 5.74) is 0. The predicted molar refractivity (Wildman–Crippen MR) is 67.3 cm³/mol. The third-order valence-corrected chi connectivity index (χ3v) is 3.85. The van der Waals surface area contributed by atoms with Crippen LogP contribution in [0.5, 0.6) is 0 Å². The van der Waals surface area contributed by atoms with Gasteiger partial charge in [0.2, 0.25) is 5.91 Å². The summed E-state index contributed by atoms with van der Waals surface area (Å²) in [5.74, 6) is 0.336. The molecule has 0 bridgehead atoms. The molecule has 2 nitrogen and oxygen atoms in total. The molecule has 0 aliphatic heterocycles. The van der Waals surface area contributed by atoms with Crippen molar-refractivity contribution in [3.63, 3.8) is 0 Å². The molecule has 1 saturated carbocycles. The summed E-state index contributed by atoms with van der Waals surface area (Å²) in [6.45, 7) is 0. The van der Waals surface area contributed by atoms with Crippen LogP contribution in [0.2, 0.25) is 0 Å². The number of nitrogens with zero attached hydrogens (tertiary/aromatic N) is 1. The molecule has 88 valence electrons. The number of unbranched alkanes of at least 4 members (excludes halogenated alkanes) is 1. The van der Waals surface area contributed by atoms with Crippen molar-refractivity contribution < 1.29 is 4.79 Å². The molecule has 1 fully saturated rings. The molecule has 0 N–H and O–H groups in total. The van der Waals surface area contributed by atoms with E-state index in [-0.39, 0.29) is 0 Å². The van der Waals surface area contributed by atoms with Crippen LogP contribution in [-0.4, -0.2) is 29.2 Å². The van der Waals surface area contributed by atoms with Gasteiger partial charge in [-0.25, -0.2) is 0 Å². The lowest BCUT2D eigenvalue weighted by Gasteiger charge is -2.31. The molecule has 0 radical (unpaired) electrons. The van der Waals surface area contributed by atoms with Crippen LogP contribution in [0.4, 0.5) is 0 Å². The summed E-state index contributed by atoms with van der Waals surface area (Å²) in [5, 5.41) is 1.01. The maximum absolute atomic E-state index is 11.8. The van der Waals surface area contributed by atoms with Crippen molar-refractivity contribution in [1.29, 1.82) is 0 Å². The lowest BCUT2D eigenvalue weighted by molar-refractivity contribution is -0.132. The fourth-order valence-electron chi connectivity index (χ4n) is 2.22. The number of hydrogen-bond donors (Lipinski definition) is 0. The first-order valence-electron chi connectivity index (χ1n) is 6.07. The zero-order chi connectivity index (χ0) is 11.1. The summed E-state index contributed by atoms with van der Waals surface area (Å²) in [6, 6.07) is 0.523. The normalized spacial score (nSPS) is 17.7. The van der Waals surface area contributed by atoms with E-state index in [1.54, 1.807) is 0 Å². The number of carbonyl (C=O) groups is 1.